The van der Waals surface area contributed by atoms with Crippen LogP contribution in [0.1, 0.15) is 30.9 Å². The predicted octanol–water partition coefficient (Wildman–Crippen LogP) is 6.44. The normalized spacial score (nSPS) is 19.5. The van der Waals surface area contributed by atoms with Crippen LogP contribution in [0.25, 0.3) is 0 Å². The van der Waals surface area contributed by atoms with E-state index < -0.39 is 11.0 Å². The molecule has 0 saturated carbocycles. The molecule has 178 valence electrons. The van der Waals surface area contributed by atoms with E-state index in [2.05, 4.69) is 0 Å². The first-order chi connectivity index (χ1) is 17.0. The Labute approximate surface area is 214 Å². The average Bonchev–Trinajstić information content (AvgIpc) is 3.26. The number of carbonyl (C=O) groups is 1. The van der Waals surface area contributed by atoms with Gasteiger partial charge in [-0.05, 0) is 74.0 Å². The third-order valence-electron chi connectivity index (χ3n) is 5.93. The first-order valence-electron chi connectivity index (χ1n) is 11.5. The van der Waals surface area contributed by atoms with E-state index in [0.717, 1.165) is 28.2 Å². The number of hydrogen-bond donors (Lipinski definition) is 0. The van der Waals surface area contributed by atoms with Gasteiger partial charge in [0.05, 0.1) is 23.7 Å². The molecule has 0 saturated heterocycles. The Balaban J connectivity index is 1.64. The SMILES string of the molecule is CCOC(=O)C1=NN(c2ccc(C)cc2)C2(CCC(c3ccc(Cl)cc3)=NN2c2ccccc2)S1. The molecule has 2 heterocycles. The number of esters is 1. The number of ether oxygens (including phenoxy) is 1. The summed E-state index contributed by atoms with van der Waals surface area (Å²) >= 11 is 7.51. The van der Waals surface area contributed by atoms with Gasteiger partial charge in [-0.25, -0.2) is 14.8 Å². The molecule has 0 N–H and O–H groups in total. The first-order valence-corrected chi connectivity index (χ1v) is 12.7. The van der Waals surface area contributed by atoms with Gasteiger partial charge in [-0.2, -0.15) is 10.2 Å². The minimum absolute atomic E-state index is 0.289. The van der Waals surface area contributed by atoms with E-state index in [9.17, 15) is 4.79 Å². The van der Waals surface area contributed by atoms with E-state index in [1.54, 1.807) is 6.92 Å². The van der Waals surface area contributed by atoms with Crippen molar-refractivity contribution < 1.29 is 9.53 Å². The molecule has 0 aromatic heterocycles. The molecule has 0 bridgehead atoms. The van der Waals surface area contributed by atoms with Crippen LogP contribution in [0.4, 0.5) is 11.4 Å². The minimum Gasteiger partial charge on any atom is -0.461 e. The van der Waals surface area contributed by atoms with Crippen molar-refractivity contribution in [3.8, 4) is 0 Å². The maximum atomic E-state index is 12.8. The van der Waals surface area contributed by atoms with E-state index in [-0.39, 0.29) is 6.61 Å². The number of carbonyl (C=O) groups excluding carboxylic acids is 1. The van der Waals surface area contributed by atoms with Gasteiger partial charge in [-0.15, -0.1) is 0 Å². The monoisotopic (exact) mass is 504 g/mol. The van der Waals surface area contributed by atoms with Crippen LogP contribution in [0, 0.1) is 6.92 Å². The lowest BCUT2D eigenvalue weighted by molar-refractivity contribution is -0.134. The number of benzene rings is 3. The number of hydrogen-bond acceptors (Lipinski definition) is 7. The Bertz CT molecular complexity index is 1280. The lowest BCUT2D eigenvalue weighted by atomic mass is 10.0. The summed E-state index contributed by atoms with van der Waals surface area (Å²) < 4.78 is 5.32. The van der Waals surface area contributed by atoms with Crippen LogP contribution in [0.3, 0.4) is 0 Å². The van der Waals surface area contributed by atoms with Gasteiger partial charge in [-0.1, -0.05) is 59.6 Å². The summed E-state index contributed by atoms with van der Waals surface area (Å²) in [5.41, 5.74) is 4.90. The lowest BCUT2D eigenvalue weighted by Gasteiger charge is -2.46. The van der Waals surface area contributed by atoms with Crippen LogP contribution in [0.15, 0.2) is 89.1 Å². The molecule has 6 nitrogen and oxygen atoms in total. The van der Waals surface area contributed by atoms with Gasteiger partial charge >= 0.3 is 5.97 Å². The Morgan fingerprint density at radius 3 is 2.31 bits per heavy atom. The second-order valence-electron chi connectivity index (χ2n) is 8.32. The van der Waals surface area contributed by atoms with Crippen molar-refractivity contribution in [1.82, 2.24) is 0 Å². The number of thioether (sulfide) groups is 1. The molecular formula is C27H25ClN4O2S. The zero-order chi connectivity index (χ0) is 24.4. The highest BCUT2D eigenvalue weighted by Crippen LogP contribution is 2.50. The number of hydrazone groups is 2. The Morgan fingerprint density at radius 2 is 1.63 bits per heavy atom. The van der Waals surface area contributed by atoms with Crippen LogP contribution < -0.4 is 10.0 Å². The van der Waals surface area contributed by atoms with Crippen molar-refractivity contribution in [3.63, 3.8) is 0 Å². The molecule has 1 unspecified atom stereocenters. The molecule has 0 amide bonds. The van der Waals surface area contributed by atoms with Gasteiger partial charge in [-0.3, -0.25) is 0 Å². The topological polar surface area (TPSA) is 57.5 Å². The van der Waals surface area contributed by atoms with Crippen molar-refractivity contribution in [2.45, 2.75) is 31.7 Å². The molecule has 1 spiro atoms. The van der Waals surface area contributed by atoms with Gasteiger partial charge < -0.3 is 4.74 Å². The Morgan fingerprint density at radius 1 is 0.971 bits per heavy atom. The van der Waals surface area contributed by atoms with E-state index in [1.165, 1.54) is 11.8 Å². The smallest absolute Gasteiger partial charge is 0.365 e. The minimum atomic E-state index is -0.769. The summed E-state index contributed by atoms with van der Waals surface area (Å²) in [6.07, 6.45) is 1.38. The zero-order valence-electron chi connectivity index (χ0n) is 19.5. The third-order valence-corrected chi connectivity index (χ3v) is 7.50. The van der Waals surface area contributed by atoms with Crippen molar-refractivity contribution in [2.24, 2.45) is 10.2 Å². The van der Waals surface area contributed by atoms with Crippen LogP contribution in [0.2, 0.25) is 5.02 Å². The van der Waals surface area contributed by atoms with Crippen LogP contribution in [-0.4, -0.2) is 28.3 Å². The van der Waals surface area contributed by atoms with E-state index in [1.807, 2.05) is 95.8 Å². The maximum Gasteiger partial charge on any atom is 0.365 e. The van der Waals surface area contributed by atoms with Gasteiger partial charge in [0.15, 0.2) is 0 Å². The van der Waals surface area contributed by atoms with E-state index in [0.29, 0.717) is 22.9 Å². The maximum absolute atomic E-state index is 12.8. The number of aryl methyl sites for hydroxylation is 1. The van der Waals surface area contributed by atoms with Crippen molar-refractivity contribution in [2.75, 3.05) is 16.6 Å². The molecule has 8 heteroatoms. The summed E-state index contributed by atoms with van der Waals surface area (Å²) in [6.45, 7) is 4.13. The zero-order valence-corrected chi connectivity index (χ0v) is 21.1. The van der Waals surface area contributed by atoms with Gasteiger partial charge in [0.1, 0.15) is 0 Å². The highest BCUT2D eigenvalue weighted by molar-refractivity contribution is 8.17. The molecule has 3 aromatic rings. The Hall–Kier alpha value is -3.29. The van der Waals surface area contributed by atoms with Gasteiger partial charge in [0.25, 0.3) is 0 Å². The summed E-state index contributed by atoms with van der Waals surface area (Å²) in [4.78, 5) is 12.0. The lowest BCUT2D eigenvalue weighted by Crippen LogP contribution is -2.56. The number of anilines is 2. The average molecular weight is 505 g/mol. The van der Waals surface area contributed by atoms with Crippen molar-refractivity contribution in [3.05, 3.63) is 95.0 Å². The number of halogens is 1. The summed E-state index contributed by atoms with van der Waals surface area (Å²) in [7, 11) is 0. The van der Waals surface area contributed by atoms with Gasteiger partial charge in [0.2, 0.25) is 10.0 Å². The molecule has 0 radical (unpaired) electrons. The van der Waals surface area contributed by atoms with E-state index in [4.69, 9.17) is 26.5 Å². The quantitative estimate of drug-likeness (QED) is 0.374. The molecule has 2 aliphatic heterocycles. The Kier molecular flexibility index (Phi) is 6.54. The second-order valence-corrected chi connectivity index (χ2v) is 10.0. The third kappa shape index (κ3) is 4.54. The van der Waals surface area contributed by atoms with E-state index >= 15 is 0 Å². The molecule has 5 rings (SSSR count). The van der Waals surface area contributed by atoms with Gasteiger partial charge in [0, 0.05) is 11.4 Å². The fraction of sp³-hybridized carbons (Fsp3) is 0.222. The largest absolute Gasteiger partial charge is 0.461 e. The molecule has 2 aliphatic rings. The fourth-order valence-electron chi connectivity index (χ4n) is 4.21. The highest BCUT2D eigenvalue weighted by atomic mass is 35.5. The number of rotatable bonds is 5. The van der Waals surface area contributed by atoms with Crippen LogP contribution in [-0.2, 0) is 9.53 Å². The first kappa shape index (κ1) is 23.5. The molecule has 35 heavy (non-hydrogen) atoms. The standard InChI is InChI=1S/C27H25ClN4O2S/c1-3-34-26(33)25-30-32(23-15-9-19(2)10-16-23)27(35-25)18-17-24(20-11-13-21(28)14-12-20)29-31(27)22-7-5-4-6-8-22/h4-16H,3,17-18H2,1-2H3. The molecule has 0 aliphatic carbocycles. The summed E-state index contributed by atoms with van der Waals surface area (Å²) in [5.74, 6) is -0.424. The predicted molar refractivity (Wildman–Crippen MR) is 144 cm³/mol. The number of para-hydroxylation sites is 1. The summed E-state index contributed by atoms with van der Waals surface area (Å²) in [5, 5.41) is 14.8. The van der Waals surface area contributed by atoms with Crippen molar-refractivity contribution in [1.29, 1.82) is 0 Å². The molecule has 1 atom stereocenters. The van der Waals surface area contributed by atoms with Crippen LogP contribution in [0.5, 0.6) is 0 Å². The summed E-state index contributed by atoms with van der Waals surface area (Å²) in [6, 6.07) is 25.9. The van der Waals surface area contributed by atoms with Crippen LogP contribution >= 0.6 is 23.4 Å². The molecule has 0 fully saturated rings. The highest BCUT2D eigenvalue weighted by Gasteiger charge is 2.53. The number of nitrogens with zero attached hydrogens (tertiary/aromatic N) is 4. The second kappa shape index (κ2) is 9.76. The van der Waals surface area contributed by atoms with Crippen molar-refractivity contribution >= 4 is 51.5 Å². The molecular weight excluding hydrogens is 480 g/mol. The fourth-order valence-corrected chi connectivity index (χ4v) is 5.58. The molecule has 3 aromatic carbocycles.